The van der Waals surface area contributed by atoms with Crippen LogP contribution in [-0.4, -0.2) is 0 Å². The van der Waals surface area contributed by atoms with E-state index in [1.165, 1.54) is 23.3 Å². The van der Waals surface area contributed by atoms with Gasteiger partial charge in [-0.3, -0.25) is 0 Å². The van der Waals surface area contributed by atoms with Gasteiger partial charge in [-0.25, -0.2) is 0 Å². The minimum Gasteiger partial charge on any atom is -0.0778 e. The lowest BCUT2D eigenvalue weighted by Crippen LogP contribution is -1.85. The Hall–Kier alpha value is -0.400. The molecule has 0 unspecified atom stereocenters. The summed E-state index contributed by atoms with van der Waals surface area (Å²) < 4.78 is 0.968. The highest BCUT2D eigenvalue weighted by Gasteiger charge is 2.05. The molecule has 0 aliphatic rings. The van der Waals surface area contributed by atoms with E-state index in [-0.39, 0.29) is 0 Å². The zero-order valence-electron chi connectivity index (χ0n) is 10.0. The molecule has 0 radical (unpaired) electrons. The molecule has 1 aromatic rings. The predicted molar refractivity (Wildman–Crippen MR) is 75.0 cm³/mol. The molecule has 0 fully saturated rings. The van der Waals surface area contributed by atoms with E-state index in [1.54, 1.807) is 11.8 Å². The van der Waals surface area contributed by atoms with Crippen LogP contribution in [0.4, 0.5) is 0 Å². The van der Waals surface area contributed by atoms with Gasteiger partial charge in [0, 0.05) is 4.90 Å². The summed E-state index contributed by atoms with van der Waals surface area (Å²) in [6.45, 7) is 4.40. The minimum absolute atomic E-state index is 0.968. The van der Waals surface area contributed by atoms with Crippen LogP contribution in [0, 0.1) is 0 Å². The average Bonchev–Trinajstić information content (AvgIpc) is 2.30. The molecule has 0 saturated carbocycles. The summed E-state index contributed by atoms with van der Waals surface area (Å²) in [5.74, 6) is 0. The molecular weight excluding hydrogens is 236 g/mol. The maximum absolute atomic E-state index is 6.38. The first kappa shape index (κ1) is 13.7. The van der Waals surface area contributed by atoms with Crippen LogP contribution in [0.5, 0.6) is 0 Å². The molecule has 0 aromatic heterocycles. The van der Waals surface area contributed by atoms with Crippen molar-refractivity contribution >= 4 is 23.4 Å². The monoisotopic (exact) mass is 254 g/mol. The fourth-order valence-corrected chi connectivity index (χ4v) is 2.89. The number of halogens is 1. The third kappa shape index (κ3) is 4.63. The molecule has 0 aliphatic carbocycles. The van der Waals surface area contributed by atoms with Crippen LogP contribution in [0.1, 0.15) is 39.5 Å². The Labute approximate surface area is 108 Å². The van der Waals surface area contributed by atoms with E-state index < -0.39 is 0 Å². The highest BCUT2D eigenvalue weighted by atomic mass is 35.5. The van der Waals surface area contributed by atoms with Crippen LogP contribution in [0.25, 0.3) is 0 Å². The van der Waals surface area contributed by atoms with Gasteiger partial charge in [0.05, 0.1) is 4.36 Å². The lowest BCUT2D eigenvalue weighted by atomic mass is 10.1. The molecule has 0 N–H and O–H groups in total. The van der Waals surface area contributed by atoms with Gasteiger partial charge in [-0.2, -0.15) is 0 Å². The van der Waals surface area contributed by atoms with Gasteiger partial charge in [0.1, 0.15) is 0 Å². The maximum atomic E-state index is 6.38. The van der Waals surface area contributed by atoms with Gasteiger partial charge in [-0.05, 0) is 30.5 Å². The standard InChI is InChI=1S/C14H19ClS/c1-3-8-12(9-4-2)14(15)16-13-10-6-5-7-11-13/h5-7,10-11H,3-4,8-9H2,1-2H3. The van der Waals surface area contributed by atoms with E-state index in [1.807, 2.05) is 18.2 Å². The molecule has 16 heavy (non-hydrogen) atoms. The molecule has 0 saturated heterocycles. The summed E-state index contributed by atoms with van der Waals surface area (Å²) in [6, 6.07) is 10.3. The van der Waals surface area contributed by atoms with Crippen LogP contribution in [0.15, 0.2) is 45.2 Å². The zero-order chi connectivity index (χ0) is 11.8. The second kappa shape index (κ2) is 7.81. The second-order valence-electron chi connectivity index (χ2n) is 3.79. The molecule has 0 spiro atoms. The molecule has 0 bridgehead atoms. The Balaban J connectivity index is 2.72. The first-order valence-electron chi connectivity index (χ1n) is 5.88. The van der Waals surface area contributed by atoms with Gasteiger partial charge in [-0.15, -0.1) is 0 Å². The first-order valence-corrected chi connectivity index (χ1v) is 7.07. The Kier molecular flexibility index (Phi) is 6.67. The third-order valence-electron chi connectivity index (χ3n) is 2.33. The van der Waals surface area contributed by atoms with Gasteiger partial charge in [-0.1, -0.05) is 68.3 Å². The van der Waals surface area contributed by atoms with Crippen molar-refractivity contribution in [2.45, 2.75) is 44.4 Å². The number of rotatable bonds is 6. The Bertz CT molecular complexity index is 322. The Morgan fingerprint density at radius 3 is 2.12 bits per heavy atom. The summed E-state index contributed by atoms with van der Waals surface area (Å²) in [5.41, 5.74) is 1.40. The number of hydrogen-bond donors (Lipinski definition) is 0. The van der Waals surface area contributed by atoms with E-state index >= 15 is 0 Å². The highest BCUT2D eigenvalue weighted by molar-refractivity contribution is 8.04. The molecule has 0 heterocycles. The lowest BCUT2D eigenvalue weighted by molar-refractivity contribution is 0.804. The largest absolute Gasteiger partial charge is 0.0778 e. The number of thioether (sulfide) groups is 1. The van der Waals surface area contributed by atoms with Gasteiger partial charge >= 0.3 is 0 Å². The van der Waals surface area contributed by atoms with Crippen molar-refractivity contribution in [3.63, 3.8) is 0 Å². The average molecular weight is 255 g/mol. The summed E-state index contributed by atoms with van der Waals surface area (Å²) in [6.07, 6.45) is 4.57. The lowest BCUT2D eigenvalue weighted by Gasteiger charge is -2.08. The van der Waals surface area contributed by atoms with E-state index in [9.17, 15) is 0 Å². The maximum Gasteiger partial charge on any atom is 0.0774 e. The topological polar surface area (TPSA) is 0 Å². The van der Waals surface area contributed by atoms with Crippen molar-refractivity contribution in [3.05, 3.63) is 40.3 Å². The second-order valence-corrected chi connectivity index (χ2v) is 5.48. The molecule has 0 nitrogen and oxygen atoms in total. The SMILES string of the molecule is CCCC(CCC)=C(Cl)Sc1ccccc1. The van der Waals surface area contributed by atoms with Gasteiger partial charge in [0.15, 0.2) is 0 Å². The summed E-state index contributed by atoms with van der Waals surface area (Å²) in [5, 5.41) is 0. The minimum atomic E-state index is 0.968. The van der Waals surface area contributed by atoms with Gasteiger partial charge in [0.25, 0.3) is 0 Å². The van der Waals surface area contributed by atoms with E-state index in [0.29, 0.717) is 0 Å². The fraction of sp³-hybridized carbons (Fsp3) is 0.429. The van der Waals surface area contributed by atoms with Crippen molar-refractivity contribution in [2.24, 2.45) is 0 Å². The van der Waals surface area contributed by atoms with Crippen LogP contribution < -0.4 is 0 Å². The Morgan fingerprint density at radius 1 is 1.06 bits per heavy atom. The fourth-order valence-electron chi connectivity index (χ4n) is 1.59. The number of benzene rings is 1. The quantitative estimate of drug-likeness (QED) is 0.576. The molecule has 1 aromatic carbocycles. The van der Waals surface area contributed by atoms with E-state index in [0.717, 1.165) is 17.2 Å². The van der Waals surface area contributed by atoms with E-state index in [4.69, 9.17) is 11.6 Å². The van der Waals surface area contributed by atoms with Crippen LogP contribution in [0.2, 0.25) is 0 Å². The highest BCUT2D eigenvalue weighted by Crippen LogP contribution is 2.34. The summed E-state index contributed by atoms with van der Waals surface area (Å²) >= 11 is 8.06. The van der Waals surface area contributed by atoms with Crippen LogP contribution >= 0.6 is 23.4 Å². The number of hydrogen-bond acceptors (Lipinski definition) is 1. The predicted octanol–water partition coefficient (Wildman–Crippen LogP) is 5.83. The molecule has 1 rings (SSSR count). The van der Waals surface area contributed by atoms with Crippen molar-refractivity contribution in [1.29, 1.82) is 0 Å². The normalized spacial score (nSPS) is 10.2. The molecule has 88 valence electrons. The molecule has 2 heteroatoms. The molecule has 0 aliphatic heterocycles. The van der Waals surface area contributed by atoms with Gasteiger partial charge in [0.2, 0.25) is 0 Å². The molecular formula is C14H19ClS. The number of allylic oxidation sites excluding steroid dienone is 1. The molecule has 0 atom stereocenters. The van der Waals surface area contributed by atoms with E-state index in [2.05, 4.69) is 26.0 Å². The zero-order valence-corrected chi connectivity index (χ0v) is 11.6. The van der Waals surface area contributed by atoms with Crippen LogP contribution in [0.3, 0.4) is 0 Å². The summed E-state index contributed by atoms with van der Waals surface area (Å²) in [7, 11) is 0. The Morgan fingerprint density at radius 2 is 1.62 bits per heavy atom. The molecule has 0 amide bonds. The van der Waals surface area contributed by atoms with Crippen molar-refractivity contribution < 1.29 is 0 Å². The smallest absolute Gasteiger partial charge is 0.0774 e. The van der Waals surface area contributed by atoms with Crippen molar-refractivity contribution in [1.82, 2.24) is 0 Å². The van der Waals surface area contributed by atoms with Crippen molar-refractivity contribution in [3.8, 4) is 0 Å². The van der Waals surface area contributed by atoms with Crippen LogP contribution in [-0.2, 0) is 0 Å². The van der Waals surface area contributed by atoms with Crippen molar-refractivity contribution in [2.75, 3.05) is 0 Å². The van der Waals surface area contributed by atoms with Gasteiger partial charge < -0.3 is 0 Å². The summed E-state index contributed by atoms with van der Waals surface area (Å²) in [4.78, 5) is 1.22. The third-order valence-corrected chi connectivity index (χ3v) is 3.81. The first-order chi connectivity index (χ1) is 7.77.